The van der Waals surface area contributed by atoms with Gasteiger partial charge in [0.1, 0.15) is 0 Å². The van der Waals surface area contributed by atoms with Crippen LogP contribution in [0, 0.1) is 0 Å². The van der Waals surface area contributed by atoms with Crippen molar-refractivity contribution < 1.29 is 0 Å². The highest BCUT2D eigenvalue weighted by molar-refractivity contribution is 5.62. The second-order valence-electron chi connectivity index (χ2n) is 5.51. The summed E-state index contributed by atoms with van der Waals surface area (Å²) in [6.45, 7) is 7.33. The van der Waals surface area contributed by atoms with Gasteiger partial charge in [-0.3, -0.25) is 4.68 Å². The molecule has 0 saturated carbocycles. The predicted molar refractivity (Wildman–Crippen MR) is 75.4 cm³/mol. The fourth-order valence-electron chi connectivity index (χ4n) is 1.91. The van der Waals surface area contributed by atoms with E-state index >= 15 is 0 Å². The maximum Gasteiger partial charge on any atom is 0.0968 e. The Balaban J connectivity index is 2.49. The van der Waals surface area contributed by atoms with E-state index in [1.807, 2.05) is 17.8 Å². The molecule has 1 aromatic heterocycles. The van der Waals surface area contributed by atoms with Crippen LogP contribution in [-0.4, -0.2) is 16.8 Å². The molecule has 3 heteroatoms. The quantitative estimate of drug-likeness (QED) is 0.898. The average molecular weight is 243 g/mol. The molecule has 96 valence electrons. The first-order valence-electron chi connectivity index (χ1n) is 6.31. The number of aromatic nitrogens is 2. The second-order valence-corrected chi connectivity index (χ2v) is 5.51. The summed E-state index contributed by atoms with van der Waals surface area (Å²) < 4.78 is 2.04. The molecule has 0 aliphatic heterocycles. The first-order valence-corrected chi connectivity index (χ1v) is 6.31. The summed E-state index contributed by atoms with van der Waals surface area (Å²) in [4.78, 5) is 0. The number of nitrogens with zero attached hydrogens (tertiary/aromatic N) is 2. The maximum atomic E-state index is 4.75. The summed E-state index contributed by atoms with van der Waals surface area (Å²) in [5, 5.41) is 7.95. The standard InChI is InChI=1S/C15H21N3/c1-15(2,3)18-11-13(10-16-4)14(17-18)12-8-6-5-7-9-12/h5-9,11,16H,10H2,1-4H3. The molecule has 1 heterocycles. The smallest absolute Gasteiger partial charge is 0.0968 e. The lowest BCUT2D eigenvalue weighted by molar-refractivity contribution is 0.356. The third-order valence-corrected chi connectivity index (χ3v) is 2.89. The molecule has 0 unspecified atom stereocenters. The van der Waals surface area contributed by atoms with Gasteiger partial charge in [-0.05, 0) is 27.8 Å². The SMILES string of the molecule is CNCc1cn(C(C)(C)C)nc1-c1ccccc1. The number of benzene rings is 1. The zero-order valence-corrected chi connectivity index (χ0v) is 11.6. The molecule has 1 N–H and O–H groups in total. The molecule has 0 amide bonds. The third kappa shape index (κ3) is 2.62. The van der Waals surface area contributed by atoms with Gasteiger partial charge in [-0.15, -0.1) is 0 Å². The number of nitrogens with one attached hydrogen (secondary N) is 1. The lowest BCUT2D eigenvalue weighted by Gasteiger charge is -2.18. The van der Waals surface area contributed by atoms with E-state index in [-0.39, 0.29) is 5.54 Å². The second kappa shape index (κ2) is 4.94. The highest BCUT2D eigenvalue weighted by Gasteiger charge is 2.18. The summed E-state index contributed by atoms with van der Waals surface area (Å²) in [5.41, 5.74) is 3.49. The third-order valence-electron chi connectivity index (χ3n) is 2.89. The minimum atomic E-state index is 0.00945. The van der Waals surface area contributed by atoms with E-state index in [2.05, 4.69) is 56.6 Å². The summed E-state index contributed by atoms with van der Waals surface area (Å²) in [5.74, 6) is 0. The molecule has 0 bridgehead atoms. The Morgan fingerprint density at radius 2 is 1.83 bits per heavy atom. The Bertz CT molecular complexity index is 506. The Hall–Kier alpha value is -1.61. The molecule has 0 radical (unpaired) electrons. The Morgan fingerprint density at radius 3 is 2.39 bits per heavy atom. The summed E-state index contributed by atoms with van der Waals surface area (Å²) >= 11 is 0. The van der Waals surface area contributed by atoms with E-state index in [0.29, 0.717) is 0 Å². The van der Waals surface area contributed by atoms with Gasteiger partial charge >= 0.3 is 0 Å². The Kier molecular flexibility index (Phi) is 3.53. The van der Waals surface area contributed by atoms with Crippen molar-refractivity contribution in [2.24, 2.45) is 0 Å². The molecule has 0 saturated heterocycles. The minimum Gasteiger partial charge on any atom is -0.316 e. The summed E-state index contributed by atoms with van der Waals surface area (Å²) in [6, 6.07) is 10.3. The highest BCUT2D eigenvalue weighted by Crippen LogP contribution is 2.24. The molecule has 1 aromatic carbocycles. The first-order chi connectivity index (χ1) is 8.52. The van der Waals surface area contributed by atoms with Crippen molar-refractivity contribution in [3.8, 4) is 11.3 Å². The molecular weight excluding hydrogens is 222 g/mol. The van der Waals surface area contributed by atoms with E-state index in [1.165, 1.54) is 11.1 Å². The van der Waals surface area contributed by atoms with Crippen molar-refractivity contribution in [1.29, 1.82) is 0 Å². The number of hydrogen-bond donors (Lipinski definition) is 1. The zero-order valence-electron chi connectivity index (χ0n) is 11.6. The molecule has 0 spiro atoms. The van der Waals surface area contributed by atoms with Crippen molar-refractivity contribution in [2.75, 3.05) is 7.05 Å². The van der Waals surface area contributed by atoms with E-state index in [0.717, 1.165) is 12.2 Å². The fourth-order valence-corrected chi connectivity index (χ4v) is 1.91. The van der Waals surface area contributed by atoms with Crippen molar-refractivity contribution in [3.05, 3.63) is 42.1 Å². The minimum absolute atomic E-state index is 0.00945. The van der Waals surface area contributed by atoms with Gasteiger partial charge in [0, 0.05) is 23.9 Å². The highest BCUT2D eigenvalue weighted by atomic mass is 15.3. The van der Waals surface area contributed by atoms with Crippen LogP contribution in [0.25, 0.3) is 11.3 Å². The molecule has 18 heavy (non-hydrogen) atoms. The number of rotatable bonds is 3. The summed E-state index contributed by atoms with van der Waals surface area (Å²) in [7, 11) is 1.96. The van der Waals surface area contributed by atoms with Crippen molar-refractivity contribution in [2.45, 2.75) is 32.9 Å². The fraction of sp³-hybridized carbons (Fsp3) is 0.400. The van der Waals surface area contributed by atoms with Crippen LogP contribution in [0.2, 0.25) is 0 Å². The van der Waals surface area contributed by atoms with Crippen LogP contribution in [0.15, 0.2) is 36.5 Å². The van der Waals surface area contributed by atoms with Gasteiger partial charge in [-0.2, -0.15) is 5.10 Å². The van der Waals surface area contributed by atoms with E-state index in [4.69, 9.17) is 5.10 Å². The first kappa shape index (κ1) is 12.8. The van der Waals surface area contributed by atoms with Gasteiger partial charge in [0.25, 0.3) is 0 Å². The molecule has 0 aliphatic rings. The van der Waals surface area contributed by atoms with Crippen LogP contribution in [0.4, 0.5) is 0 Å². The predicted octanol–water partition coefficient (Wildman–Crippen LogP) is 3.02. The van der Waals surface area contributed by atoms with Crippen LogP contribution in [-0.2, 0) is 12.1 Å². The van der Waals surface area contributed by atoms with Gasteiger partial charge < -0.3 is 5.32 Å². The van der Waals surface area contributed by atoms with E-state index in [9.17, 15) is 0 Å². The molecule has 0 atom stereocenters. The normalized spacial score (nSPS) is 11.8. The van der Waals surface area contributed by atoms with Gasteiger partial charge in [0.2, 0.25) is 0 Å². The molecule has 0 aliphatic carbocycles. The number of hydrogen-bond acceptors (Lipinski definition) is 2. The van der Waals surface area contributed by atoms with Gasteiger partial charge in [-0.1, -0.05) is 30.3 Å². The van der Waals surface area contributed by atoms with E-state index < -0.39 is 0 Å². The van der Waals surface area contributed by atoms with Crippen LogP contribution in [0.1, 0.15) is 26.3 Å². The van der Waals surface area contributed by atoms with E-state index in [1.54, 1.807) is 0 Å². The average Bonchev–Trinajstić information content (AvgIpc) is 2.75. The van der Waals surface area contributed by atoms with Gasteiger partial charge in [0.15, 0.2) is 0 Å². The summed E-state index contributed by atoms with van der Waals surface area (Å²) in [6.07, 6.45) is 2.14. The topological polar surface area (TPSA) is 29.9 Å². The van der Waals surface area contributed by atoms with Crippen molar-refractivity contribution in [3.63, 3.8) is 0 Å². The Labute approximate surface area is 109 Å². The molecule has 2 aromatic rings. The monoisotopic (exact) mass is 243 g/mol. The molecule has 3 nitrogen and oxygen atoms in total. The van der Waals surface area contributed by atoms with Crippen LogP contribution < -0.4 is 5.32 Å². The largest absolute Gasteiger partial charge is 0.316 e. The molecular formula is C15H21N3. The maximum absolute atomic E-state index is 4.75. The van der Waals surface area contributed by atoms with Crippen LogP contribution >= 0.6 is 0 Å². The van der Waals surface area contributed by atoms with Crippen molar-refractivity contribution in [1.82, 2.24) is 15.1 Å². The van der Waals surface area contributed by atoms with Crippen LogP contribution in [0.3, 0.4) is 0 Å². The Morgan fingerprint density at radius 1 is 1.17 bits per heavy atom. The van der Waals surface area contributed by atoms with Gasteiger partial charge in [0.05, 0.1) is 11.2 Å². The lowest BCUT2D eigenvalue weighted by Crippen LogP contribution is -2.22. The van der Waals surface area contributed by atoms with Gasteiger partial charge in [-0.25, -0.2) is 0 Å². The van der Waals surface area contributed by atoms with Crippen molar-refractivity contribution >= 4 is 0 Å². The molecule has 0 fully saturated rings. The zero-order chi connectivity index (χ0) is 13.2. The molecule has 2 rings (SSSR count). The lowest BCUT2D eigenvalue weighted by atomic mass is 10.1. The van der Waals surface area contributed by atoms with Crippen LogP contribution in [0.5, 0.6) is 0 Å².